The molecule has 154 valence electrons. The van der Waals surface area contributed by atoms with Crippen molar-refractivity contribution in [2.24, 2.45) is 0 Å². The van der Waals surface area contributed by atoms with Crippen molar-refractivity contribution in [3.8, 4) is 0 Å². The molecule has 9 nitrogen and oxygen atoms in total. The van der Waals surface area contributed by atoms with Crippen molar-refractivity contribution >= 4 is 69.2 Å². The molecule has 0 bridgehead atoms. The summed E-state index contributed by atoms with van der Waals surface area (Å²) in [5.74, 6) is -0.608. The van der Waals surface area contributed by atoms with Crippen molar-refractivity contribution < 1.29 is 21.6 Å². The number of nitrogens with zero attached hydrogens (tertiary/aromatic N) is 5. The summed E-state index contributed by atoms with van der Waals surface area (Å²) in [6, 6.07) is 3.76. The topological polar surface area (TPSA) is 110 Å². The summed E-state index contributed by atoms with van der Waals surface area (Å²) in [4.78, 5) is 3.74. The van der Waals surface area contributed by atoms with E-state index in [0.29, 0.717) is 19.6 Å². The van der Waals surface area contributed by atoms with Crippen molar-refractivity contribution in [2.75, 3.05) is 17.9 Å². The van der Waals surface area contributed by atoms with Crippen molar-refractivity contribution in [3.05, 3.63) is 40.5 Å². The lowest BCUT2D eigenvalue weighted by atomic mass is 10.2. The minimum Gasteiger partial charge on any atom is -0.273 e. The lowest BCUT2D eigenvalue weighted by Gasteiger charge is -2.44. The SMILES string of the molecule is Cc1c(Br)c2ccc(F)cc2n1S(=O)(=O)c1ncn(S(C)(=O)(O)N(C)CI)n1. The quantitative estimate of drug-likeness (QED) is 0.271. The molecule has 28 heavy (non-hydrogen) atoms. The molecule has 1 N–H and O–H groups in total. The third-order valence-corrected chi connectivity index (χ3v) is 11.0. The molecule has 2 heterocycles. The first-order valence-corrected chi connectivity index (χ1v) is 13.6. The van der Waals surface area contributed by atoms with Crippen LogP contribution in [0.2, 0.25) is 0 Å². The van der Waals surface area contributed by atoms with Gasteiger partial charge in [-0.3, -0.25) is 4.55 Å². The lowest BCUT2D eigenvalue weighted by Crippen LogP contribution is -2.52. The van der Waals surface area contributed by atoms with Crippen LogP contribution in [0.1, 0.15) is 5.69 Å². The van der Waals surface area contributed by atoms with E-state index in [-0.39, 0.29) is 10.1 Å². The van der Waals surface area contributed by atoms with E-state index in [0.717, 1.165) is 26.9 Å². The third-order valence-electron chi connectivity index (χ3n) is 4.28. The Kier molecular flexibility index (Phi) is 5.28. The van der Waals surface area contributed by atoms with Crippen molar-refractivity contribution in [2.45, 2.75) is 12.1 Å². The van der Waals surface area contributed by atoms with Crippen LogP contribution >= 0.6 is 38.5 Å². The van der Waals surface area contributed by atoms with Gasteiger partial charge in [0, 0.05) is 22.6 Å². The van der Waals surface area contributed by atoms with E-state index in [1.807, 2.05) is 22.6 Å². The second-order valence-electron chi connectivity index (χ2n) is 6.19. The Hall–Kier alpha value is -0.940. The number of hydrogen-bond donors (Lipinski definition) is 1. The van der Waals surface area contributed by atoms with E-state index >= 15 is 0 Å². The van der Waals surface area contributed by atoms with Gasteiger partial charge >= 0.3 is 10.0 Å². The average Bonchev–Trinajstić information content (AvgIpc) is 3.20. The van der Waals surface area contributed by atoms with Crippen molar-refractivity contribution in [3.63, 3.8) is 0 Å². The summed E-state index contributed by atoms with van der Waals surface area (Å²) >= 11 is 5.21. The Morgan fingerprint density at radius 3 is 2.68 bits per heavy atom. The van der Waals surface area contributed by atoms with E-state index in [1.54, 1.807) is 6.92 Å². The molecular formula is C14H16BrFIN5O4S2. The Bertz CT molecular complexity index is 1270. The van der Waals surface area contributed by atoms with Crippen LogP contribution in [0.15, 0.2) is 34.2 Å². The normalized spacial score (nSPS) is 14.5. The maximum atomic E-state index is 13.8. The highest BCUT2D eigenvalue weighted by molar-refractivity contribution is 14.1. The molecule has 3 aromatic rings. The van der Waals surface area contributed by atoms with Gasteiger partial charge in [-0.25, -0.2) is 13.3 Å². The van der Waals surface area contributed by atoms with Crippen molar-refractivity contribution in [1.82, 2.24) is 22.4 Å². The molecule has 0 amide bonds. The molecule has 0 aliphatic rings. The van der Waals surface area contributed by atoms with Crippen LogP contribution in [0.4, 0.5) is 4.39 Å². The number of aromatic nitrogens is 4. The predicted octanol–water partition coefficient (Wildman–Crippen LogP) is 2.61. The van der Waals surface area contributed by atoms with Gasteiger partial charge in [0.1, 0.15) is 12.1 Å². The average molecular weight is 608 g/mol. The molecule has 0 aliphatic carbocycles. The van der Waals surface area contributed by atoms with Crippen LogP contribution in [0.5, 0.6) is 0 Å². The second kappa shape index (κ2) is 6.80. The van der Waals surface area contributed by atoms with Crippen LogP contribution < -0.4 is 0 Å². The second-order valence-corrected chi connectivity index (χ2v) is 12.7. The zero-order valence-corrected chi connectivity index (χ0v) is 20.3. The fourth-order valence-corrected chi connectivity index (χ4v) is 7.57. The Balaban J connectivity index is 2.24. The fourth-order valence-electron chi connectivity index (χ4n) is 2.53. The number of hydrogen-bond acceptors (Lipinski definition) is 5. The fraction of sp³-hybridized carbons (Fsp3) is 0.286. The number of halogens is 3. The molecule has 0 aliphatic heterocycles. The van der Waals surface area contributed by atoms with Crippen molar-refractivity contribution in [1.29, 1.82) is 0 Å². The largest absolute Gasteiger partial charge is 0.305 e. The van der Waals surface area contributed by atoms with Gasteiger partial charge in [0.05, 0.1) is 16.3 Å². The first kappa shape index (κ1) is 21.8. The van der Waals surface area contributed by atoms with Gasteiger partial charge in [0.2, 0.25) is 0 Å². The molecule has 0 saturated heterocycles. The molecular weight excluding hydrogens is 592 g/mol. The monoisotopic (exact) mass is 607 g/mol. The Labute approximate surface area is 182 Å². The minimum absolute atomic E-state index is 0.100. The first-order valence-electron chi connectivity index (χ1n) is 7.60. The highest BCUT2D eigenvalue weighted by Gasteiger charge is 2.33. The maximum absolute atomic E-state index is 13.8. The number of benzene rings is 1. The summed E-state index contributed by atoms with van der Waals surface area (Å²) in [6.45, 7) is 1.54. The standard InChI is InChI=1S/C14H16BrFIN5O4S2/c1-9-13(15)11-5-4-10(16)6-12(11)22(9)27(23,24)14-18-8-21(19-14)28(3,25,26)20(2)7-17/h4-6,8H,7H2,1-3H3,(H,25,26). The smallest absolute Gasteiger partial charge is 0.273 e. The molecule has 0 fully saturated rings. The predicted molar refractivity (Wildman–Crippen MR) is 116 cm³/mol. The van der Waals surface area contributed by atoms with E-state index in [4.69, 9.17) is 0 Å². The van der Waals surface area contributed by atoms with Crippen LogP contribution in [-0.2, 0) is 19.7 Å². The highest BCUT2D eigenvalue weighted by Crippen LogP contribution is 2.34. The van der Waals surface area contributed by atoms with Crippen LogP contribution in [0, 0.1) is 12.7 Å². The van der Waals surface area contributed by atoms with E-state index in [1.165, 1.54) is 19.2 Å². The van der Waals surface area contributed by atoms with Gasteiger partial charge in [0.15, 0.2) is 0 Å². The molecule has 3 rings (SSSR count). The molecule has 0 unspecified atom stereocenters. The minimum atomic E-state index is -4.64. The number of fused-ring (bicyclic) bond motifs is 1. The summed E-state index contributed by atoms with van der Waals surface area (Å²) in [5.41, 5.74) is 0.391. The highest BCUT2D eigenvalue weighted by atomic mass is 127. The zero-order chi connectivity index (χ0) is 21.1. The number of rotatable bonds is 5. The molecule has 1 aromatic carbocycles. The zero-order valence-electron chi connectivity index (χ0n) is 14.9. The molecule has 0 saturated carbocycles. The Morgan fingerprint density at radius 1 is 1.43 bits per heavy atom. The number of alkyl halides is 1. The summed E-state index contributed by atoms with van der Waals surface area (Å²) in [7, 11) is -7.60. The van der Waals surface area contributed by atoms with Gasteiger partial charge in [-0.15, -0.1) is 9.19 Å². The van der Waals surface area contributed by atoms with Crippen LogP contribution in [0.25, 0.3) is 10.9 Å². The Morgan fingerprint density at radius 2 is 2.07 bits per heavy atom. The molecule has 0 atom stereocenters. The van der Waals surface area contributed by atoms with Crippen LogP contribution in [0.3, 0.4) is 0 Å². The van der Waals surface area contributed by atoms with Gasteiger partial charge in [-0.2, -0.15) is 16.9 Å². The first-order chi connectivity index (χ1) is 12.8. The van der Waals surface area contributed by atoms with Crippen LogP contribution in [-0.4, -0.2) is 57.5 Å². The molecule has 14 heteroatoms. The lowest BCUT2D eigenvalue weighted by molar-refractivity contribution is 0.416. The van der Waals surface area contributed by atoms with Gasteiger partial charge in [-0.1, -0.05) is 32.3 Å². The van der Waals surface area contributed by atoms with Gasteiger partial charge < -0.3 is 0 Å². The summed E-state index contributed by atoms with van der Waals surface area (Å²) < 4.78 is 67.1. The van der Waals surface area contributed by atoms with E-state index in [2.05, 4.69) is 26.0 Å². The summed E-state index contributed by atoms with van der Waals surface area (Å²) in [6.07, 6.45) is 1.93. The van der Waals surface area contributed by atoms with Gasteiger partial charge in [0.25, 0.3) is 5.16 Å². The third kappa shape index (κ3) is 3.23. The molecule has 0 spiro atoms. The van der Waals surface area contributed by atoms with Gasteiger partial charge in [-0.05, 0) is 41.1 Å². The van der Waals surface area contributed by atoms with E-state index < -0.39 is 30.7 Å². The molecule has 0 radical (unpaired) electrons. The van der Waals surface area contributed by atoms with E-state index in [9.17, 15) is 21.6 Å². The summed E-state index contributed by atoms with van der Waals surface area (Å²) in [5, 5.41) is 3.59. The molecule has 2 aromatic heterocycles. The maximum Gasteiger partial charge on any atom is 0.305 e.